The fourth-order valence-electron chi connectivity index (χ4n) is 1.61. The summed E-state index contributed by atoms with van der Waals surface area (Å²) in [6, 6.07) is 3.80. The third kappa shape index (κ3) is 2.52. The first-order valence-corrected chi connectivity index (χ1v) is 4.95. The van der Waals surface area contributed by atoms with Crippen LogP contribution in [0.3, 0.4) is 0 Å². The molecule has 2 nitrogen and oxygen atoms in total. The first-order valence-electron chi connectivity index (χ1n) is 4.95. The van der Waals surface area contributed by atoms with E-state index < -0.39 is 11.6 Å². The highest BCUT2D eigenvalue weighted by atomic mass is 19.1. The quantitative estimate of drug-likeness (QED) is 0.829. The lowest BCUT2D eigenvalue weighted by molar-refractivity contribution is -0.00927. The summed E-state index contributed by atoms with van der Waals surface area (Å²) >= 11 is 0. The summed E-state index contributed by atoms with van der Waals surface area (Å²) in [6.45, 7) is 3.22. The fourth-order valence-corrected chi connectivity index (χ4v) is 1.61. The van der Waals surface area contributed by atoms with Crippen molar-refractivity contribution in [2.75, 3.05) is 13.2 Å². The van der Waals surface area contributed by atoms with E-state index in [2.05, 4.69) is 5.32 Å². The molecule has 0 saturated carbocycles. The number of hydrogen-bond acceptors (Lipinski definition) is 2. The maximum Gasteiger partial charge on any atom is 0.126 e. The molecule has 1 fully saturated rings. The van der Waals surface area contributed by atoms with E-state index in [1.54, 1.807) is 0 Å². The topological polar surface area (TPSA) is 21.3 Å². The van der Waals surface area contributed by atoms with E-state index in [0.717, 1.165) is 6.07 Å². The summed E-state index contributed by atoms with van der Waals surface area (Å²) in [7, 11) is 0. The molecule has 4 heteroatoms. The van der Waals surface area contributed by atoms with Crippen molar-refractivity contribution in [3.63, 3.8) is 0 Å². The van der Waals surface area contributed by atoms with Gasteiger partial charge in [-0.1, -0.05) is 0 Å². The number of rotatable bonds is 3. The van der Waals surface area contributed by atoms with Crippen molar-refractivity contribution in [2.45, 2.75) is 19.0 Å². The van der Waals surface area contributed by atoms with Gasteiger partial charge in [0, 0.05) is 12.1 Å². The predicted molar refractivity (Wildman–Crippen MR) is 52.5 cm³/mol. The molecular weight excluding hydrogens is 200 g/mol. The minimum atomic E-state index is -0.538. The van der Waals surface area contributed by atoms with Crippen molar-refractivity contribution in [2.24, 2.45) is 0 Å². The first kappa shape index (κ1) is 10.5. The summed E-state index contributed by atoms with van der Waals surface area (Å²) in [4.78, 5) is 0. The fraction of sp³-hybridized carbons (Fsp3) is 0.455. The molecule has 0 aromatic heterocycles. The number of nitrogens with one attached hydrogen (secondary N) is 1. The van der Waals surface area contributed by atoms with Gasteiger partial charge in [0.2, 0.25) is 0 Å². The molecule has 0 spiro atoms. The van der Waals surface area contributed by atoms with Crippen LogP contribution in [-0.4, -0.2) is 19.3 Å². The summed E-state index contributed by atoms with van der Waals surface area (Å²) in [5, 5.41) is 3.23. The molecule has 0 bridgehead atoms. The molecule has 0 radical (unpaired) electrons. The van der Waals surface area contributed by atoms with E-state index >= 15 is 0 Å². The zero-order chi connectivity index (χ0) is 10.8. The summed E-state index contributed by atoms with van der Waals surface area (Å²) in [5.41, 5.74) is 0.624. The third-order valence-electron chi connectivity index (χ3n) is 2.51. The Balaban J connectivity index is 2.06. The molecule has 2 rings (SSSR count). The van der Waals surface area contributed by atoms with Gasteiger partial charge < -0.3 is 10.1 Å². The molecule has 0 aliphatic carbocycles. The molecule has 1 atom stereocenters. The lowest BCUT2D eigenvalue weighted by atomic mass is 10.1. The van der Waals surface area contributed by atoms with Crippen LogP contribution in [0.2, 0.25) is 0 Å². The summed E-state index contributed by atoms with van der Waals surface area (Å²) in [5.74, 6) is -1.08. The molecular formula is C11H13F2NO. The second kappa shape index (κ2) is 4.24. The van der Waals surface area contributed by atoms with Gasteiger partial charge in [-0.15, -0.1) is 0 Å². The Bertz CT molecular complexity index is 332. The standard InChI is InChI=1S/C11H13F2NO/c1-7(14-11-5-15-6-11)8-2-9(12)4-10(13)3-8/h2-4,7,11,14H,5-6H2,1H3. The molecule has 1 aromatic carbocycles. The van der Waals surface area contributed by atoms with Crippen molar-refractivity contribution in [3.05, 3.63) is 35.4 Å². The van der Waals surface area contributed by atoms with Gasteiger partial charge in [-0.2, -0.15) is 0 Å². The average molecular weight is 213 g/mol. The van der Waals surface area contributed by atoms with Gasteiger partial charge in [-0.05, 0) is 24.6 Å². The van der Waals surface area contributed by atoms with Crippen molar-refractivity contribution in [1.29, 1.82) is 0 Å². The summed E-state index contributed by atoms with van der Waals surface area (Å²) < 4.78 is 30.9. The van der Waals surface area contributed by atoms with Crippen LogP contribution in [0, 0.1) is 11.6 Å². The Hall–Kier alpha value is -1.00. The maximum atomic E-state index is 12.9. The van der Waals surface area contributed by atoms with Crippen molar-refractivity contribution >= 4 is 0 Å². The zero-order valence-electron chi connectivity index (χ0n) is 8.47. The van der Waals surface area contributed by atoms with Gasteiger partial charge in [0.05, 0.1) is 19.3 Å². The largest absolute Gasteiger partial charge is 0.378 e. The van der Waals surface area contributed by atoms with Gasteiger partial charge in [0.25, 0.3) is 0 Å². The number of benzene rings is 1. The van der Waals surface area contributed by atoms with Gasteiger partial charge in [0.15, 0.2) is 0 Å². The molecule has 0 amide bonds. The van der Waals surface area contributed by atoms with E-state index in [4.69, 9.17) is 4.74 Å². The minimum absolute atomic E-state index is 0.0656. The van der Waals surface area contributed by atoms with Gasteiger partial charge in [0.1, 0.15) is 11.6 Å². The Kier molecular flexibility index (Phi) is 2.98. The Labute approximate surface area is 87.2 Å². The first-order chi connectivity index (χ1) is 7.15. The van der Waals surface area contributed by atoms with Crippen LogP contribution in [0.25, 0.3) is 0 Å². The van der Waals surface area contributed by atoms with Crippen LogP contribution in [-0.2, 0) is 4.74 Å². The summed E-state index contributed by atoms with van der Waals surface area (Å²) in [6.07, 6.45) is 0. The highest BCUT2D eigenvalue weighted by Gasteiger charge is 2.20. The number of hydrogen-bond donors (Lipinski definition) is 1. The molecule has 1 aliphatic rings. The van der Waals surface area contributed by atoms with E-state index in [1.807, 2.05) is 6.92 Å². The van der Waals surface area contributed by atoms with Gasteiger partial charge in [-0.25, -0.2) is 8.78 Å². The minimum Gasteiger partial charge on any atom is -0.378 e. The van der Waals surface area contributed by atoms with Crippen LogP contribution in [0.15, 0.2) is 18.2 Å². The highest BCUT2D eigenvalue weighted by Crippen LogP contribution is 2.17. The normalized spacial score (nSPS) is 18.6. The second-order valence-corrected chi connectivity index (χ2v) is 3.83. The smallest absolute Gasteiger partial charge is 0.126 e. The second-order valence-electron chi connectivity index (χ2n) is 3.83. The van der Waals surface area contributed by atoms with E-state index in [0.29, 0.717) is 24.8 Å². The maximum absolute atomic E-state index is 12.9. The van der Waals surface area contributed by atoms with Crippen molar-refractivity contribution in [1.82, 2.24) is 5.32 Å². The number of halogens is 2. The van der Waals surface area contributed by atoms with Crippen molar-refractivity contribution in [3.8, 4) is 0 Å². The van der Waals surface area contributed by atoms with E-state index in [-0.39, 0.29) is 6.04 Å². The molecule has 1 N–H and O–H groups in total. The van der Waals surface area contributed by atoms with E-state index in [1.165, 1.54) is 12.1 Å². The molecule has 82 valence electrons. The SMILES string of the molecule is CC(NC1COC1)c1cc(F)cc(F)c1. The lowest BCUT2D eigenvalue weighted by Gasteiger charge is -2.30. The predicted octanol–water partition coefficient (Wildman–Crippen LogP) is 2.01. The van der Waals surface area contributed by atoms with Gasteiger partial charge in [-0.3, -0.25) is 0 Å². The average Bonchev–Trinajstić information content (AvgIpc) is 2.09. The Morgan fingerprint density at radius 1 is 1.27 bits per heavy atom. The van der Waals surface area contributed by atoms with Gasteiger partial charge >= 0.3 is 0 Å². The molecule has 1 aromatic rings. The molecule has 1 saturated heterocycles. The molecule has 1 unspecified atom stereocenters. The lowest BCUT2D eigenvalue weighted by Crippen LogP contribution is -2.46. The monoisotopic (exact) mass is 213 g/mol. The molecule has 1 aliphatic heterocycles. The van der Waals surface area contributed by atoms with Crippen LogP contribution < -0.4 is 5.32 Å². The Morgan fingerprint density at radius 2 is 1.87 bits per heavy atom. The Morgan fingerprint density at radius 3 is 2.33 bits per heavy atom. The van der Waals surface area contributed by atoms with Crippen LogP contribution in [0.4, 0.5) is 8.78 Å². The van der Waals surface area contributed by atoms with Crippen LogP contribution >= 0.6 is 0 Å². The van der Waals surface area contributed by atoms with E-state index in [9.17, 15) is 8.78 Å². The van der Waals surface area contributed by atoms with Crippen LogP contribution in [0.5, 0.6) is 0 Å². The van der Waals surface area contributed by atoms with Crippen LogP contribution in [0.1, 0.15) is 18.5 Å². The zero-order valence-corrected chi connectivity index (χ0v) is 8.47. The third-order valence-corrected chi connectivity index (χ3v) is 2.51. The molecule has 1 heterocycles. The highest BCUT2D eigenvalue weighted by molar-refractivity contribution is 5.21. The molecule has 15 heavy (non-hydrogen) atoms. The number of ether oxygens (including phenoxy) is 1. The van der Waals surface area contributed by atoms with Crippen molar-refractivity contribution < 1.29 is 13.5 Å².